The second-order valence-electron chi connectivity index (χ2n) is 5.63. The molecular formula is C15H24F2OS2. The Morgan fingerprint density at radius 2 is 1.85 bits per heavy atom. The summed E-state index contributed by atoms with van der Waals surface area (Å²) < 4.78 is 28.8. The van der Waals surface area contributed by atoms with Crippen molar-refractivity contribution in [2.75, 3.05) is 12.0 Å². The lowest BCUT2D eigenvalue weighted by atomic mass is 9.87. The molecule has 2 aliphatic rings. The molecule has 1 saturated heterocycles. The van der Waals surface area contributed by atoms with Gasteiger partial charge in [0.25, 0.3) is 0 Å². The van der Waals surface area contributed by atoms with Crippen LogP contribution in [0.1, 0.15) is 38.5 Å². The van der Waals surface area contributed by atoms with Gasteiger partial charge >= 0.3 is 6.61 Å². The van der Waals surface area contributed by atoms with Gasteiger partial charge in [0.1, 0.15) is 0 Å². The van der Waals surface area contributed by atoms with Crippen LogP contribution >= 0.6 is 23.5 Å². The summed E-state index contributed by atoms with van der Waals surface area (Å²) >= 11 is 4.04. The molecule has 0 amide bonds. The van der Waals surface area contributed by atoms with Crippen LogP contribution in [0.4, 0.5) is 8.78 Å². The van der Waals surface area contributed by atoms with E-state index in [1.807, 2.05) is 11.8 Å². The maximum absolute atomic E-state index is 12.1. The summed E-state index contributed by atoms with van der Waals surface area (Å²) in [5, 5.41) is 1.49. The van der Waals surface area contributed by atoms with Crippen LogP contribution in [0.2, 0.25) is 0 Å². The van der Waals surface area contributed by atoms with Gasteiger partial charge in [-0.25, -0.2) is 0 Å². The highest BCUT2D eigenvalue weighted by Gasteiger charge is 2.23. The zero-order valence-corrected chi connectivity index (χ0v) is 13.6. The maximum atomic E-state index is 12.1. The Hall–Kier alpha value is 0.260. The third-order valence-corrected chi connectivity index (χ3v) is 6.91. The van der Waals surface area contributed by atoms with Crippen molar-refractivity contribution < 1.29 is 13.5 Å². The molecule has 1 heterocycles. The predicted octanol–water partition coefficient (Wildman–Crippen LogP) is 4.97. The fraction of sp³-hybridized carbons (Fsp3) is 0.867. The first kappa shape index (κ1) is 16.6. The Morgan fingerprint density at radius 1 is 1.10 bits per heavy atom. The van der Waals surface area contributed by atoms with E-state index < -0.39 is 6.61 Å². The van der Waals surface area contributed by atoms with Crippen molar-refractivity contribution in [3.05, 3.63) is 12.2 Å². The van der Waals surface area contributed by atoms with Gasteiger partial charge in [0.05, 0.1) is 6.10 Å². The minimum atomic E-state index is -2.62. The van der Waals surface area contributed by atoms with Gasteiger partial charge in [-0.1, -0.05) is 12.2 Å². The zero-order valence-electron chi connectivity index (χ0n) is 12.0. The summed E-state index contributed by atoms with van der Waals surface area (Å²) in [5.74, 6) is 1.82. The number of thioether (sulfide) groups is 2. The van der Waals surface area contributed by atoms with Gasteiger partial charge in [-0.05, 0) is 50.7 Å². The van der Waals surface area contributed by atoms with Crippen molar-refractivity contribution in [1.29, 1.82) is 0 Å². The van der Waals surface area contributed by atoms with Crippen molar-refractivity contribution >= 4 is 23.5 Å². The molecule has 0 spiro atoms. The minimum Gasteiger partial charge on any atom is -0.320 e. The van der Waals surface area contributed by atoms with Gasteiger partial charge in [0.15, 0.2) is 0 Å². The van der Waals surface area contributed by atoms with Crippen LogP contribution in [0.15, 0.2) is 12.2 Å². The summed E-state index contributed by atoms with van der Waals surface area (Å²) in [6, 6.07) is 0. The Kier molecular flexibility index (Phi) is 7.18. The number of hydrogen-bond acceptors (Lipinski definition) is 3. The molecule has 0 aromatic heterocycles. The van der Waals surface area contributed by atoms with Crippen molar-refractivity contribution in [2.45, 2.75) is 61.7 Å². The van der Waals surface area contributed by atoms with Crippen molar-refractivity contribution in [3.8, 4) is 0 Å². The lowest BCUT2D eigenvalue weighted by molar-refractivity contribution is -0.170. The predicted molar refractivity (Wildman–Crippen MR) is 84.8 cm³/mol. The van der Waals surface area contributed by atoms with E-state index in [4.69, 9.17) is 0 Å². The monoisotopic (exact) mass is 322 g/mol. The van der Waals surface area contributed by atoms with Crippen molar-refractivity contribution in [2.24, 2.45) is 5.92 Å². The normalized spacial score (nSPS) is 35.8. The molecule has 0 radical (unpaired) electrons. The minimum absolute atomic E-state index is 0.231. The first-order chi connectivity index (χ1) is 9.67. The van der Waals surface area contributed by atoms with Crippen molar-refractivity contribution in [1.82, 2.24) is 0 Å². The molecule has 0 aromatic rings. The summed E-state index contributed by atoms with van der Waals surface area (Å²) in [7, 11) is 0. The smallest absolute Gasteiger partial charge is 0.320 e. The Balaban J connectivity index is 1.66. The van der Waals surface area contributed by atoms with Crippen molar-refractivity contribution in [3.63, 3.8) is 0 Å². The Labute approximate surface area is 129 Å². The highest BCUT2D eigenvalue weighted by Crippen LogP contribution is 2.33. The quantitative estimate of drug-likeness (QED) is 0.662. The molecule has 0 bridgehead atoms. The average Bonchev–Trinajstić information content (AvgIpc) is 2.46. The first-order valence-corrected chi connectivity index (χ1v) is 9.77. The van der Waals surface area contributed by atoms with Crippen LogP contribution in [-0.2, 0) is 4.74 Å². The molecular weight excluding hydrogens is 298 g/mol. The average molecular weight is 322 g/mol. The topological polar surface area (TPSA) is 9.23 Å². The van der Waals surface area contributed by atoms with Gasteiger partial charge in [-0.3, -0.25) is 0 Å². The molecule has 116 valence electrons. The van der Waals surface area contributed by atoms with E-state index in [0.29, 0.717) is 11.2 Å². The SMILES string of the molecule is CSC1CCC(/C=C/C2CCC(OC(F)F)CC2)SC1. The molecule has 0 aromatic carbocycles. The molecule has 2 atom stereocenters. The van der Waals surface area contributed by atoms with Gasteiger partial charge in [-0.2, -0.15) is 32.3 Å². The number of halogens is 2. The molecule has 1 aliphatic heterocycles. The van der Waals surface area contributed by atoms with Crippen LogP contribution in [0, 0.1) is 5.92 Å². The van der Waals surface area contributed by atoms with Gasteiger partial charge < -0.3 is 4.74 Å². The number of rotatable bonds is 5. The molecule has 5 heteroatoms. The first-order valence-electron chi connectivity index (χ1n) is 7.43. The number of hydrogen-bond donors (Lipinski definition) is 0. The number of ether oxygens (including phenoxy) is 1. The number of alkyl halides is 2. The molecule has 2 fully saturated rings. The zero-order chi connectivity index (χ0) is 14.4. The van der Waals surface area contributed by atoms with E-state index in [9.17, 15) is 8.78 Å². The second kappa shape index (κ2) is 8.64. The summed E-state index contributed by atoms with van der Waals surface area (Å²) in [6.07, 6.45) is 12.8. The number of allylic oxidation sites excluding steroid dienone is 1. The van der Waals surface area contributed by atoms with Gasteiger partial charge in [0.2, 0.25) is 0 Å². The standard InChI is InChI=1S/C15H24F2OS2/c1-19-14-9-8-13(20-10-14)7-4-11-2-5-12(6-3-11)18-15(16)17/h4,7,11-15H,2-3,5-6,8-10H2,1H3/b7-4+. The maximum Gasteiger partial charge on any atom is 0.345 e. The molecule has 0 N–H and O–H groups in total. The van der Waals surface area contributed by atoms with Crippen LogP contribution in [-0.4, -0.2) is 35.2 Å². The molecule has 1 aliphatic carbocycles. The van der Waals surface area contributed by atoms with Crippen LogP contribution in [0.25, 0.3) is 0 Å². The van der Waals surface area contributed by atoms with E-state index in [2.05, 4.69) is 34.9 Å². The Bertz CT molecular complexity index is 296. The van der Waals surface area contributed by atoms with Crippen LogP contribution < -0.4 is 0 Å². The molecule has 20 heavy (non-hydrogen) atoms. The molecule has 2 rings (SSSR count). The highest BCUT2D eigenvalue weighted by molar-refractivity contribution is 8.03. The van der Waals surface area contributed by atoms with Crippen LogP contribution in [0.3, 0.4) is 0 Å². The molecule has 1 nitrogen and oxygen atoms in total. The summed E-state index contributed by atoms with van der Waals surface area (Å²) in [4.78, 5) is 0. The third-order valence-electron chi connectivity index (χ3n) is 4.21. The van der Waals surface area contributed by atoms with E-state index in [-0.39, 0.29) is 6.10 Å². The van der Waals surface area contributed by atoms with E-state index in [1.54, 1.807) is 0 Å². The van der Waals surface area contributed by atoms with E-state index >= 15 is 0 Å². The summed E-state index contributed by atoms with van der Waals surface area (Å²) in [5.41, 5.74) is 0. The lowest BCUT2D eigenvalue weighted by Gasteiger charge is -2.28. The van der Waals surface area contributed by atoms with Crippen LogP contribution in [0.5, 0.6) is 0 Å². The second-order valence-corrected chi connectivity index (χ2v) is 8.04. The third kappa shape index (κ3) is 5.57. The lowest BCUT2D eigenvalue weighted by Crippen LogP contribution is -2.23. The van der Waals surface area contributed by atoms with Gasteiger partial charge in [0, 0.05) is 16.3 Å². The van der Waals surface area contributed by atoms with Gasteiger partial charge in [-0.15, -0.1) is 0 Å². The molecule has 1 saturated carbocycles. The fourth-order valence-corrected chi connectivity index (χ4v) is 5.21. The van der Waals surface area contributed by atoms with E-state index in [0.717, 1.165) is 30.9 Å². The largest absolute Gasteiger partial charge is 0.345 e. The summed E-state index contributed by atoms with van der Waals surface area (Å²) in [6.45, 7) is -2.62. The fourth-order valence-electron chi connectivity index (χ4n) is 2.93. The van der Waals surface area contributed by atoms with E-state index in [1.165, 1.54) is 18.6 Å². The Morgan fingerprint density at radius 3 is 2.40 bits per heavy atom. The highest BCUT2D eigenvalue weighted by atomic mass is 32.2. The molecule has 2 unspecified atom stereocenters.